The second-order valence-electron chi connectivity index (χ2n) is 9.29. The highest BCUT2D eigenvalue weighted by Gasteiger charge is 2.48. The Labute approximate surface area is 184 Å². The van der Waals surface area contributed by atoms with Gasteiger partial charge in [-0.2, -0.15) is 0 Å². The van der Waals surface area contributed by atoms with Gasteiger partial charge >= 0.3 is 0 Å². The molecule has 5 nitrogen and oxygen atoms in total. The van der Waals surface area contributed by atoms with E-state index >= 15 is 0 Å². The fourth-order valence-electron chi connectivity index (χ4n) is 4.41. The third-order valence-electron chi connectivity index (χ3n) is 6.28. The molecular formula is C26H32N2O3. The third-order valence-corrected chi connectivity index (χ3v) is 6.28. The van der Waals surface area contributed by atoms with E-state index in [-0.39, 0.29) is 23.8 Å². The van der Waals surface area contributed by atoms with Crippen LogP contribution < -0.4 is 5.32 Å². The molecule has 2 aromatic carbocycles. The second-order valence-corrected chi connectivity index (χ2v) is 9.29. The quantitative estimate of drug-likeness (QED) is 0.776. The molecular weight excluding hydrogens is 388 g/mol. The normalized spacial score (nSPS) is 25.4. The molecule has 1 heterocycles. The van der Waals surface area contributed by atoms with Gasteiger partial charge in [0.05, 0.1) is 13.2 Å². The maximum Gasteiger partial charge on any atom is 0.254 e. The van der Waals surface area contributed by atoms with Crippen LogP contribution in [0.3, 0.4) is 0 Å². The van der Waals surface area contributed by atoms with Crippen LogP contribution in [0.1, 0.15) is 32.8 Å². The zero-order valence-electron chi connectivity index (χ0n) is 18.6. The second kappa shape index (κ2) is 8.83. The average molecular weight is 421 g/mol. The van der Waals surface area contributed by atoms with Crippen molar-refractivity contribution < 1.29 is 14.3 Å². The maximum atomic E-state index is 13.3. The molecule has 2 fully saturated rings. The average Bonchev–Trinajstić information content (AvgIpc) is 3.50. The van der Waals surface area contributed by atoms with Crippen LogP contribution in [-0.2, 0) is 20.7 Å². The molecule has 1 aliphatic heterocycles. The van der Waals surface area contributed by atoms with E-state index in [1.807, 2.05) is 49.1 Å². The molecule has 5 heteroatoms. The van der Waals surface area contributed by atoms with Crippen LogP contribution in [0.5, 0.6) is 0 Å². The van der Waals surface area contributed by atoms with Crippen molar-refractivity contribution in [2.75, 3.05) is 19.7 Å². The van der Waals surface area contributed by atoms with E-state index in [4.69, 9.17) is 4.74 Å². The summed E-state index contributed by atoms with van der Waals surface area (Å²) in [6, 6.07) is 18.4. The molecule has 2 aromatic rings. The molecule has 1 aliphatic carbocycles. The summed E-state index contributed by atoms with van der Waals surface area (Å²) in [6.45, 7) is 7.21. The van der Waals surface area contributed by atoms with E-state index in [2.05, 4.69) is 36.5 Å². The highest BCUT2D eigenvalue weighted by molar-refractivity contribution is 5.88. The smallest absolute Gasteiger partial charge is 0.254 e. The zero-order chi connectivity index (χ0) is 22.0. The predicted molar refractivity (Wildman–Crippen MR) is 121 cm³/mol. The molecule has 164 valence electrons. The van der Waals surface area contributed by atoms with Crippen molar-refractivity contribution in [3.63, 3.8) is 0 Å². The molecule has 1 saturated carbocycles. The number of morpholine rings is 1. The van der Waals surface area contributed by atoms with Crippen LogP contribution in [0.2, 0.25) is 0 Å². The lowest BCUT2D eigenvalue weighted by atomic mass is 9.89. The van der Waals surface area contributed by atoms with Gasteiger partial charge in [-0.1, -0.05) is 61.5 Å². The molecule has 2 aliphatic rings. The van der Waals surface area contributed by atoms with Crippen molar-refractivity contribution >= 4 is 11.8 Å². The van der Waals surface area contributed by atoms with Gasteiger partial charge < -0.3 is 15.0 Å². The molecule has 0 unspecified atom stereocenters. The number of hydrogen-bond donors (Lipinski definition) is 1. The minimum Gasteiger partial charge on any atom is -0.361 e. The Balaban J connectivity index is 1.61. The van der Waals surface area contributed by atoms with Gasteiger partial charge in [0.2, 0.25) is 5.91 Å². The molecule has 0 spiro atoms. The summed E-state index contributed by atoms with van der Waals surface area (Å²) in [5, 5.41) is 3.03. The maximum absolute atomic E-state index is 13.3. The summed E-state index contributed by atoms with van der Waals surface area (Å²) in [6.07, 6.45) is 1.37. The number of nitrogens with zero attached hydrogens (tertiary/aromatic N) is 1. The number of rotatable bonds is 6. The first-order valence-electron chi connectivity index (χ1n) is 11.3. The Hall–Kier alpha value is -2.66. The molecule has 1 N–H and O–H groups in total. The van der Waals surface area contributed by atoms with Gasteiger partial charge in [0.15, 0.2) is 5.60 Å². The van der Waals surface area contributed by atoms with Gasteiger partial charge in [-0.25, -0.2) is 0 Å². The van der Waals surface area contributed by atoms with E-state index in [0.29, 0.717) is 32.0 Å². The van der Waals surface area contributed by atoms with Crippen molar-refractivity contribution in [2.45, 2.75) is 45.3 Å². The van der Waals surface area contributed by atoms with Gasteiger partial charge in [-0.3, -0.25) is 9.59 Å². The highest BCUT2D eigenvalue weighted by atomic mass is 16.5. The molecule has 0 aromatic heterocycles. The number of carbonyl (C=O) groups is 2. The third kappa shape index (κ3) is 4.82. The summed E-state index contributed by atoms with van der Waals surface area (Å²) in [4.78, 5) is 28.1. The van der Waals surface area contributed by atoms with E-state index in [1.165, 1.54) is 0 Å². The van der Waals surface area contributed by atoms with Gasteiger partial charge in [0, 0.05) is 24.9 Å². The predicted octanol–water partition coefficient (Wildman–Crippen LogP) is 3.67. The van der Waals surface area contributed by atoms with Gasteiger partial charge in [0.1, 0.15) is 0 Å². The summed E-state index contributed by atoms with van der Waals surface area (Å²) in [5.41, 5.74) is 2.18. The fourth-order valence-corrected chi connectivity index (χ4v) is 4.41. The van der Waals surface area contributed by atoms with Crippen molar-refractivity contribution in [3.8, 4) is 11.1 Å². The van der Waals surface area contributed by atoms with E-state index in [1.54, 1.807) is 0 Å². The summed E-state index contributed by atoms with van der Waals surface area (Å²) in [5.74, 6) is 0.562. The van der Waals surface area contributed by atoms with Crippen LogP contribution in [0.15, 0.2) is 54.6 Å². The van der Waals surface area contributed by atoms with Crippen LogP contribution in [0.25, 0.3) is 11.1 Å². The van der Waals surface area contributed by atoms with Crippen molar-refractivity contribution in [1.82, 2.24) is 10.2 Å². The van der Waals surface area contributed by atoms with E-state index in [0.717, 1.165) is 23.1 Å². The zero-order valence-corrected chi connectivity index (χ0v) is 18.6. The lowest BCUT2D eigenvalue weighted by molar-refractivity contribution is -0.167. The van der Waals surface area contributed by atoms with Crippen LogP contribution in [-0.4, -0.2) is 48.1 Å². The molecule has 4 rings (SSSR count). The Morgan fingerprint density at radius 1 is 1.13 bits per heavy atom. The van der Waals surface area contributed by atoms with E-state index in [9.17, 15) is 9.59 Å². The van der Waals surface area contributed by atoms with Crippen LogP contribution in [0.4, 0.5) is 0 Å². The van der Waals surface area contributed by atoms with Gasteiger partial charge in [0.25, 0.3) is 5.91 Å². The Kier molecular flexibility index (Phi) is 6.15. The number of benzene rings is 2. The number of hydrogen-bond acceptors (Lipinski definition) is 3. The standard InChI is InChI=1S/C26H32N2O3/c1-18(2)27-25(30)26(17-28(12-13-31-26)24(29)23-14-19(23)3)16-20-8-7-11-22(15-20)21-9-5-4-6-10-21/h4-11,15,18-19,23H,12-14,16-17H2,1-3H3,(H,27,30)/t19-,23-,26+/m1/s1. The Morgan fingerprint density at radius 2 is 1.84 bits per heavy atom. The first kappa shape index (κ1) is 21.6. The topological polar surface area (TPSA) is 58.6 Å². The number of nitrogens with one attached hydrogen (secondary N) is 1. The SMILES string of the molecule is CC(C)NC(=O)[C@]1(Cc2cccc(-c3ccccc3)c2)CN(C(=O)[C@@H]2C[C@H]2C)CCO1. The minimum atomic E-state index is -1.08. The summed E-state index contributed by atoms with van der Waals surface area (Å²) < 4.78 is 6.18. The minimum absolute atomic E-state index is 0.00170. The number of ether oxygens (including phenoxy) is 1. The van der Waals surface area contributed by atoms with Gasteiger partial charge in [-0.15, -0.1) is 0 Å². The molecule has 1 saturated heterocycles. The van der Waals surface area contributed by atoms with Crippen LogP contribution in [0, 0.1) is 11.8 Å². The van der Waals surface area contributed by atoms with Crippen molar-refractivity contribution in [2.24, 2.45) is 11.8 Å². The molecule has 3 atom stereocenters. The molecule has 2 amide bonds. The molecule has 31 heavy (non-hydrogen) atoms. The molecule has 0 radical (unpaired) electrons. The van der Waals surface area contributed by atoms with Crippen molar-refractivity contribution in [1.29, 1.82) is 0 Å². The lowest BCUT2D eigenvalue weighted by Gasteiger charge is -2.42. The summed E-state index contributed by atoms with van der Waals surface area (Å²) >= 11 is 0. The fraction of sp³-hybridized carbons (Fsp3) is 0.462. The monoisotopic (exact) mass is 420 g/mol. The highest BCUT2D eigenvalue weighted by Crippen LogP contribution is 2.40. The first-order chi connectivity index (χ1) is 14.9. The number of carbonyl (C=O) groups excluding carboxylic acids is 2. The lowest BCUT2D eigenvalue weighted by Crippen LogP contribution is -2.63. The Morgan fingerprint density at radius 3 is 2.52 bits per heavy atom. The largest absolute Gasteiger partial charge is 0.361 e. The molecule has 0 bridgehead atoms. The first-order valence-corrected chi connectivity index (χ1v) is 11.3. The van der Waals surface area contributed by atoms with Gasteiger partial charge in [-0.05, 0) is 42.9 Å². The summed E-state index contributed by atoms with van der Waals surface area (Å²) in [7, 11) is 0. The Bertz CT molecular complexity index is 943. The van der Waals surface area contributed by atoms with E-state index < -0.39 is 5.60 Å². The number of amides is 2. The van der Waals surface area contributed by atoms with Crippen LogP contribution >= 0.6 is 0 Å². The van der Waals surface area contributed by atoms with Crippen molar-refractivity contribution in [3.05, 3.63) is 60.2 Å².